The van der Waals surface area contributed by atoms with Gasteiger partial charge < -0.3 is 0 Å². The lowest BCUT2D eigenvalue weighted by Crippen LogP contribution is -2.31. The molecule has 0 aromatic rings. The summed E-state index contributed by atoms with van der Waals surface area (Å²) < 4.78 is 22.9. The number of Topliss-reactive ketones (excluding diaryl/α,β-unsaturated/α-hetero) is 1. The van der Waals surface area contributed by atoms with Gasteiger partial charge in [0.15, 0.2) is 9.84 Å². The van der Waals surface area contributed by atoms with E-state index in [1.54, 1.807) is 32.5 Å². The normalized spacial score (nSPS) is 23.4. The van der Waals surface area contributed by atoms with Crippen LogP contribution in [0.4, 0.5) is 0 Å². The van der Waals surface area contributed by atoms with Crippen molar-refractivity contribution in [1.82, 2.24) is 0 Å². The first-order valence-corrected chi connectivity index (χ1v) is 7.87. The zero-order valence-electron chi connectivity index (χ0n) is 9.45. The summed E-state index contributed by atoms with van der Waals surface area (Å²) >= 11 is 1.60. The molecule has 0 N–H and O–H groups in total. The smallest absolute Gasteiger partial charge is 0.155 e. The monoisotopic (exact) mass is 250 g/mol. The minimum Gasteiger partial charge on any atom is -0.298 e. The summed E-state index contributed by atoms with van der Waals surface area (Å²) in [7, 11) is -3.07. The largest absolute Gasteiger partial charge is 0.298 e. The van der Waals surface area contributed by atoms with Gasteiger partial charge in [-0.15, -0.1) is 0 Å². The van der Waals surface area contributed by atoms with Gasteiger partial charge in [-0.2, -0.15) is 11.8 Å². The Morgan fingerprint density at radius 3 is 2.40 bits per heavy atom. The van der Waals surface area contributed by atoms with Gasteiger partial charge in [0.25, 0.3) is 0 Å². The molecule has 0 aromatic heterocycles. The first-order chi connectivity index (χ1) is 6.74. The van der Waals surface area contributed by atoms with Gasteiger partial charge >= 0.3 is 0 Å². The van der Waals surface area contributed by atoms with Crippen LogP contribution in [0.1, 0.15) is 27.2 Å². The number of hydrogen-bond donors (Lipinski definition) is 0. The Hall–Kier alpha value is -0.0300. The molecule has 0 radical (unpaired) electrons. The molecule has 3 nitrogen and oxygen atoms in total. The van der Waals surface area contributed by atoms with Crippen LogP contribution in [0.3, 0.4) is 0 Å². The standard InChI is InChI=1S/C10H18O3S2/c1-10(2,3)15(12,13)5-4-8-6-14-7-9(8)11/h8H,4-7H2,1-3H3. The average molecular weight is 250 g/mol. The molecule has 88 valence electrons. The highest BCUT2D eigenvalue weighted by Gasteiger charge is 2.32. The lowest BCUT2D eigenvalue weighted by Gasteiger charge is -2.19. The third-order valence-electron chi connectivity index (χ3n) is 2.69. The zero-order chi connectivity index (χ0) is 11.7. The molecular formula is C10H18O3S2. The molecule has 1 heterocycles. The highest BCUT2D eigenvalue weighted by Crippen LogP contribution is 2.25. The molecule has 0 saturated carbocycles. The van der Waals surface area contributed by atoms with Crippen molar-refractivity contribution in [1.29, 1.82) is 0 Å². The summed E-state index contributed by atoms with van der Waals surface area (Å²) in [6.07, 6.45) is 0.492. The Labute approximate surface area is 95.9 Å². The van der Waals surface area contributed by atoms with Crippen molar-refractivity contribution in [3.05, 3.63) is 0 Å². The highest BCUT2D eigenvalue weighted by molar-refractivity contribution is 8.00. The van der Waals surface area contributed by atoms with E-state index in [1.165, 1.54) is 0 Å². The molecule has 0 aromatic carbocycles. The van der Waals surface area contributed by atoms with Gasteiger partial charge in [-0.05, 0) is 27.2 Å². The second-order valence-corrected chi connectivity index (χ2v) is 8.79. The molecule has 1 atom stereocenters. The molecule has 1 fully saturated rings. The van der Waals surface area contributed by atoms with Crippen molar-refractivity contribution in [3.8, 4) is 0 Å². The number of thioether (sulfide) groups is 1. The van der Waals surface area contributed by atoms with E-state index in [1.807, 2.05) is 0 Å². The Bertz CT molecular complexity index is 338. The molecular weight excluding hydrogens is 232 g/mol. The van der Waals surface area contributed by atoms with E-state index in [0.29, 0.717) is 12.2 Å². The first kappa shape index (κ1) is 13.0. The summed E-state index contributed by atoms with van der Waals surface area (Å²) in [6, 6.07) is 0. The third-order valence-corrected chi connectivity index (χ3v) is 6.45. The summed E-state index contributed by atoms with van der Waals surface area (Å²) in [5, 5.41) is 0. The van der Waals surface area contributed by atoms with Crippen LogP contribution in [0.25, 0.3) is 0 Å². The molecule has 0 aliphatic carbocycles. The van der Waals surface area contributed by atoms with Crippen LogP contribution in [-0.4, -0.2) is 36.2 Å². The van der Waals surface area contributed by atoms with E-state index in [9.17, 15) is 13.2 Å². The molecule has 5 heteroatoms. The van der Waals surface area contributed by atoms with E-state index in [2.05, 4.69) is 0 Å². The molecule has 1 aliphatic heterocycles. The Kier molecular flexibility index (Phi) is 3.87. The summed E-state index contributed by atoms with van der Waals surface area (Å²) in [4.78, 5) is 11.3. The zero-order valence-corrected chi connectivity index (χ0v) is 11.1. The third kappa shape index (κ3) is 3.21. The fraction of sp³-hybridized carbons (Fsp3) is 0.900. The molecule has 0 spiro atoms. The predicted molar refractivity (Wildman–Crippen MR) is 64.0 cm³/mol. The van der Waals surface area contributed by atoms with Crippen molar-refractivity contribution in [2.45, 2.75) is 31.9 Å². The lowest BCUT2D eigenvalue weighted by atomic mass is 10.1. The molecule has 15 heavy (non-hydrogen) atoms. The van der Waals surface area contributed by atoms with Crippen LogP contribution in [-0.2, 0) is 14.6 Å². The number of carbonyl (C=O) groups is 1. The van der Waals surface area contributed by atoms with Crippen molar-refractivity contribution in [2.75, 3.05) is 17.3 Å². The van der Waals surface area contributed by atoms with Crippen LogP contribution in [0.5, 0.6) is 0 Å². The summed E-state index contributed by atoms with van der Waals surface area (Å²) in [6.45, 7) is 5.11. The van der Waals surface area contributed by atoms with Crippen LogP contribution in [0.2, 0.25) is 0 Å². The van der Waals surface area contributed by atoms with Gasteiger partial charge in [0, 0.05) is 11.7 Å². The molecule has 0 bridgehead atoms. The topological polar surface area (TPSA) is 51.2 Å². The number of ketones is 1. The Morgan fingerprint density at radius 1 is 1.40 bits per heavy atom. The fourth-order valence-corrected chi connectivity index (χ4v) is 3.76. The minimum absolute atomic E-state index is 0.0351. The van der Waals surface area contributed by atoms with E-state index in [-0.39, 0.29) is 17.5 Å². The maximum Gasteiger partial charge on any atom is 0.155 e. The lowest BCUT2D eigenvalue weighted by molar-refractivity contribution is -0.119. The van der Waals surface area contributed by atoms with Gasteiger partial charge in [0.2, 0.25) is 0 Å². The highest BCUT2D eigenvalue weighted by atomic mass is 32.2. The van der Waals surface area contributed by atoms with Crippen molar-refractivity contribution >= 4 is 27.4 Å². The van der Waals surface area contributed by atoms with Crippen molar-refractivity contribution < 1.29 is 13.2 Å². The predicted octanol–water partition coefficient (Wildman–Crippen LogP) is 1.52. The second kappa shape index (κ2) is 4.45. The van der Waals surface area contributed by atoms with Crippen molar-refractivity contribution in [3.63, 3.8) is 0 Å². The van der Waals surface area contributed by atoms with E-state index >= 15 is 0 Å². The quantitative estimate of drug-likeness (QED) is 0.762. The van der Waals surface area contributed by atoms with Gasteiger partial charge in [-0.1, -0.05) is 0 Å². The minimum atomic E-state index is -3.07. The first-order valence-electron chi connectivity index (χ1n) is 5.07. The van der Waals surface area contributed by atoms with Crippen molar-refractivity contribution in [2.24, 2.45) is 5.92 Å². The van der Waals surface area contributed by atoms with Gasteiger partial charge in [0.05, 0.1) is 16.3 Å². The SMILES string of the molecule is CC(C)(C)S(=O)(=O)CCC1CSCC1=O. The average Bonchev–Trinajstić information content (AvgIpc) is 2.46. The Morgan fingerprint density at radius 2 is 2.00 bits per heavy atom. The molecule has 1 saturated heterocycles. The van der Waals surface area contributed by atoms with E-state index in [0.717, 1.165) is 5.75 Å². The van der Waals surface area contributed by atoms with Crippen LogP contribution in [0.15, 0.2) is 0 Å². The fourth-order valence-electron chi connectivity index (χ4n) is 1.36. The van der Waals surface area contributed by atoms with Crippen LogP contribution >= 0.6 is 11.8 Å². The number of carbonyl (C=O) groups excluding carboxylic acids is 1. The van der Waals surface area contributed by atoms with Crippen LogP contribution in [0, 0.1) is 5.92 Å². The van der Waals surface area contributed by atoms with E-state index < -0.39 is 14.6 Å². The molecule has 0 amide bonds. The summed E-state index contributed by atoms with van der Waals surface area (Å²) in [5.41, 5.74) is 0. The maximum absolute atomic E-state index is 11.8. The Balaban J connectivity index is 2.54. The van der Waals surface area contributed by atoms with Gasteiger partial charge in [0.1, 0.15) is 5.78 Å². The van der Waals surface area contributed by atoms with E-state index in [4.69, 9.17) is 0 Å². The molecule has 1 aliphatic rings. The van der Waals surface area contributed by atoms with Crippen LogP contribution < -0.4 is 0 Å². The summed E-state index contributed by atoms with van der Waals surface area (Å²) in [5.74, 6) is 1.66. The van der Waals surface area contributed by atoms with Gasteiger partial charge in [-0.25, -0.2) is 8.42 Å². The maximum atomic E-state index is 11.8. The van der Waals surface area contributed by atoms with Gasteiger partial charge in [-0.3, -0.25) is 4.79 Å². The number of rotatable bonds is 3. The molecule has 1 rings (SSSR count). The molecule has 1 unspecified atom stereocenters. The number of sulfone groups is 1. The second-order valence-electron chi connectivity index (χ2n) is 4.90. The number of hydrogen-bond acceptors (Lipinski definition) is 4.